The fraction of sp³-hybridized carbons (Fsp3) is 0.793. The number of carbonyl (C=O) groups excluding carboxylic acids is 2. The highest BCUT2D eigenvalue weighted by Gasteiger charge is 2.75. The zero-order valence-corrected chi connectivity index (χ0v) is 25.0. The molecule has 0 radical (unpaired) electrons. The summed E-state index contributed by atoms with van der Waals surface area (Å²) in [6.07, 6.45) is -30.4. The van der Waals surface area contributed by atoms with Crippen LogP contribution in [-0.2, 0) is 23.8 Å². The first kappa shape index (κ1) is 38.9. The summed E-state index contributed by atoms with van der Waals surface area (Å²) in [4.78, 5) is 24.5. The number of esters is 2. The number of ether oxygens (including phenoxy) is 3. The van der Waals surface area contributed by atoms with Gasteiger partial charge in [-0.25, -0.2) is 9.59 Å². The maximum Gasteiger partial charge on any atom is 0.426 e. The summed E-state index contributed by atoms with van der Waals surface area (Å²) in [6.45, 7) is 6.18. The van der Waals surface area contributed by atoms with Gasteiger partial charge in [-0.05, 0) is 82.5 Å². The Bertz CT molecular complexity index is 1150. The number of halogens is 12. The van der Waals surface area contributed by atoms with E-state index in [0.29, 0.717) is 6.42 Å². The second-order valence-corrected chi connectivity index (χ2v) is 12.6. The summed E-state index contributed by atoms with van der Waals surface area (Å²) in [5.41, 5.74) is -10.9. The molecule has 0 amide bonds. The molecule has 0 aromatic carbocycles. The molecule has 47 heavy (non-hydrogen) atoms. The smallest absolute Gasteiger partial charge is 0.426 e. The average molecular weight is 707 g/mol. The Kier molecular flexibility index (Phi) is 11.1. The molecule has 4 aliphatic rings. The molecular formula is C29H34F12O6. The Morgan fingerprint density at radius 3 is 1.70 bits per heavy atom. The average Bonchev–Trinajstić information content (AvgIpc) is 2.91. The van der Waals surface area contributed by atoms with Crippen molar-refractivity contribution in [2.75, 3.05) is 6.61 Å². The Labute approximate surface area is 261 Å². The first-order valence-electron chi connectivity index (χ1n) is 14.6. The van der Waals surface area contributed by atoms with Crippen LogP contribution in [0.2, 0.25) is 0 Å². The van der Waals surface area contributed by atoms with E-state index >= 15 is 0 Å². The molecule has 4 atom stereocenters. The lowest BCUT2D eigenvalue weighted by Crippen LogP contribution is -2.64. The molecule has 6 nitrogen and oxygen atoms in total. The van der Waals surface area contributed by atoms with Gasteiger partial charge in [0.15, 0.2) is 0 Å². The fourth-order valence-electron chi connectivity index (χ4n) is 6.96. The van der Waals surface area contributed by atoms with Crippen LogP contribution in [0.15, 0.2) is 24.3 Å². The molecule has 0 heterocycles. The topological polar surface area (TPSA) is 82.1 Å². The highest BCUT2D eigenvalue weighted by Crippen LogP contribution is 2.56. The van der Waals surface area contributed by atoms with E-state index in [0.717, 1.165) is 0 Å². The van der Waals surface area contributed by atoms with Crippen molar-refractivity contribution in [1.82, 2.24) is 0 Å². The van der Waals surface area contributed by atoms with Gasteiger partial charge in [0.1, 0.15) is 12.2 Å². The van der Waals surface area contributed by atoms with Gasteiger partial charge >= 0.3 is 36.6 Å². The van der Waals surface area contributed by atoms with Crippen molar-refractivity contribution in [3.05, 3.63) is 24.3 Å². The normalized spacial score (nSPS) is 27.7. The first-order valence-corrected chi connectivity index (χ1v) is 14.6. The Morgan fingerprint density at radius 2 is 1.26 bits per heavy atom. The molecule has 4 saturated carbocycles. The Morgan fingerprint density at radius 1 is 0.723 bits per heavy atom. The molecule has 0 aromatic rings. The third kappa shape index (κ3) is 7.88. The zero-order valence-electron chi connectivity index (χ0n) is 25.0. The minimum Gasteiger partial charge on any atom is -0.459 e. The molecule has 4 aliphatic carbocycles. The summed E-state index contributed by atoms with van der Waals surface area (Å²) in [7, 11) is 0. The van der Waals surface area contributed by atoms with E-state index in [4.69, 9.17) is 9.47 Å². The van der Waals surface area contributed by atoms with Gasteiger partial charge in [0.05, 0.1) is 12.2 Å². The molecule has 1 N–H and O–H groups in total. The summed E-state index contributed by atoms with van der Waals surface area (Å²) >= 11 is 0. The summed E-state index contributed by atoms with van der Waals surface area (Å²) in [5, 5.41) is 9.68. The largest absolute Gasteiger partial charge is 0.459 e. The Balaban J connectivity index is 1.73. The SMILES string of the molecule is C=C(C)C(=O)OC1CCC(C(OCC(=C)C(=O)OC2CC3CCC2C(CC(O)(C(F)(F)F)C(F)(F)F)C3)(C(F)(F)F)C(F)(F)F)CC1. The molecule has 4 fully saturated rings. The van der Waals surface area contributed by atoms with Crippen LogP contribution in [0.25, 0.3) is 0 Å². The van der Waals surface area contributed by atoms with Crippen molar-refractivity contribution in [1.29, 1.82) is 0 Å². The van der Waals surface area contributed by atoms with Crippen LogP contribution in [0.3, 0.4) is 0 Å². The van der Waals surface area contributed by atoms with E-state index in [-0.39, 0.29) is 37.7 Å². The van der Waals surface area contributed by atoms with Crippen LogP contribution >= 0.6 is 0 Å². The molecule has 4 unspecified atom stereocenters. The van der Waals surface area contributed by atoms with Crippen molar-refractivity contribution < 1.29 is 81.6 Å². The molecular weight excluding hydrogens is 672 g/mol. The zero-order chi connectivity index (χ0) is 36.0. The molecule has 0 spiro atoms. The minimum atomic E-state index is -6.09. The number of rotatable bonds is 10. The second-order valence-electron chi connectivity index (χ2n) is 12.6. The van der Waals surface area contributed by atoms with E-state index < -0.39 is 115 Å². The summed E-state index contributed by atoms with van der Waals surface area (Å²) < 4.78 is 180. The molecule has 270 valence electrons. The van der Waals surface area contributed by atoms with Gasteiger partial charge in [0.25, 0.3) is 11.2 Å². The molecule has 0 aliphatic heterocycles. The van der Waals surface area contributed by atoms with Gasteiger partial charge < -0.3 is 19.3 Å². The molecule has 4 rings (SSSR count). The Hall–Kier alpha value is -2.50. The highest BCUT2D eigenvalue weighted by atomic mass is 19.4. The van der Waals surface area contributed by atoms with E-state index in [1.165, 1.54) is 6.92 Å². The first-order chi connectivity index (χ1) is 21.2. The number of aliphatic hydroxyl groups is 1. The van der Waals surface area contributed by atoms with Gasteiger partial charge in [-0.3, -0.25) is 0 Å². The third-order valence-electron chi connectivity index (χ3n) is 9.42. The lowest BCUT2D eigenvalue weighted by molar-refractivity contribution is -0.398. The van der Waals surface area contributed by atoms with Crippen LogP contribution in [0.5, 0.6) is 0 Å². The highest BCUT2D eigenvalue weighted by molar-refractivity contribution is 5.88. The standard InChI is InChI=1S/C29H34F12O6/c1-14(2)22(42)46-19-7-5-18(6-8-19)25(28(36,37)38,29(39,40)41)45-13-15(3)23(43)47-21-11-16-4-9-20(21)17(10-16)12-24(44,26(30,31)32)27(33,34)35/h16-21,44H,1,3-13H2,2H3. The molecule has 0 aromatic heterocycles. The van der Waals surface area contributed by atoms with Crippen LogP contribution in [0, 0.1) is 23.7 Å². The van der Waals surface area contributed by atoms with Crippen LogP contribution < -0.4 is 0 Å². The molecule has 18 heteroatoms. The van der Waals surface area contributed by atoms with Crippen molar-refractivity contribution >= 4 is 11.9 Å². The molecule has 0 saturated heterocycles. The second kappa shape index (κ2) is 13.4. The van der Waals surface area contributed by atoms with Gasteiger partial charge in [-0.2, -0.15) is 52.7 Å². The van der Waals surface area contributed by atoms with Crippen molar-refractivity contribution in [3.8, 4) is 0 Å². The van der Waals surface area contributed by atoms with Gasteiger partial charge in [-0.1, -0.05) is 13.2 Å². The summed E-state index contributed by atoms with van der Waals surface area (Å²) in [6, 6.07) is 0. The lowest BCUT2D eigenvalue weighted by Gasteiger charge is -2.49. The quantitative estimate of drug-likeness (QED) is 0.143. The maximum absolute atomic E-state index is 14.3. The van der Waals surface area contributed by atoms with Gasteiger partial charge in [-0.15, -0.1) is 0 Å². The van der Waals surface area contributed by atoms with Gasteiger partial charge in [0.2, 0.25) is 0 Å². The molecule has 2 bridgehead atoms. The fourth-order valence-corrected chi connectivity index (χ4v) is 6.96. The summed E-state index contributed by atoms with van der Waals surface area (Å²) in [5.74, 6) is -7.70. The van der Waals surface area contributed by atoms with E-state index in [9.17, 15) is 67.4 Å². The van der Waals surface area contributed by atoms with Crippen molar-refractivity contribution in [2.24, 2.45) is 23.7 Å². The minimum absolute atomic E-state index is 0.00232. The monoisotopic (exact) mass is 706 g/mol. The number of hydrogen-bond acceptors (Lipinski definition) is 6. The number of alkyl halides is 12. The van der Waals surface area contributed by atoms with Gasteiger partial charge in [0, 0.05) is 11.5 Å². The maximum atomic E-state index is 14.3. The van der Waals surface area contributed by atoms with Crippen LogP contribution in [0.4, 0.5) is 52.7 Å². The van der Waals surface area contributed by atoms with Crippen LogP contribution in [0.1, 0.15) is 64.7 Å². The number of carbonyl (C=O) groups is 2. The van der Waals surface area contributed by atoms with Crippen molar-refractivity contribution in [2.45, 2.75) is 113 Å². The number of hydrogen-bond donors (Lipinski definition) is 1. The van der Waals surface area contributed by atoms with E-state index in [1.54, 1.807) is 0 Å². The predicted octanol–water partition coefficient (Wildman–Crippen LogP) is 7.69. The number of fused-ring (bicyclic) bond motifs is 3. The van der Waals surface area contributed by atoms with Crippen molar-refractivity contribution in [3.63, 3.8) is 0 Å². The lowest BCUT2D eigenvalue weighted by atomic mass is 9.60. The third-order valence-corrected chi connectivity index (χ3v) is 9.42. The predicted molar refractivity (Wildman–Crippen MR) is 137 cm³/mol. The van der Waals surface area contributed by atoms with E-state index in [1.807, 2.05) is 0 Å². The van der Waals surface area contributed by atoms with Crippen LogP contribution in [-0.4, -0.2) is 71.8 Å². The van der Waals surface area contributed by atoms with E-state index in [2.05, 4.69) is 17.9 Å².